The van der Waals surface area contributed by atoms with Gasteiger partial charge in [-0.05, 0) is 58.2 Å². The lowest BCUT2D eigenvalue weighted by Crippen LogP contribution is -2.51. The van der Waals surface area contributed by atoms with Gasteiger partial charge in [-0.15, -0.1) is 0 Å². The van der Waals surface area contributed by atoms with Gasteiger partial charge in [0.1, 0.15) is 5.82 Å². The molecule has 0 aromatic heterocycles. The van der Waals surface area contributed by atoms with Crippen LogP contribution in [-0.4, -0.2) is 35.0 Å². The number of hydrogen-bond donors (Lipinski definition) is 0. The van der Waals surface area contributed by atoms with Crippen molar-refractivity contribution in [1.29, 1.82) is 0 Å². The molecule has 3 unspecified atom stereocenters. The van der Waals surface area contributed by atoms with E-state index >= 15 is 0 Å². The number of nitrogens with zero attached hydrogens (tertiary/aromatic N) is 1. The molecule has 4 nitrogen and oxygen atoms in total. The fraction of sp³-hybridized carbons (Fsp3) is 0.529. The van der Waals surface area contributed by atoms with E-state index in [1.807, 2.05) is 13.8 Å². The average molecular weight is 386 g/mol. The quantitative estimate of drug-likeness (QED) is 0.740. The number of hydrogen-bond acceptors (Lipinski definition) is 3. The first-order chi connectivity index (χ1) is 10.8. The minimum absolute atomic E-state index is 0.120. The van der Waals surface area contributed by atoms with Crippen LogP contribution in [0.5, 0.6) is 0 Å². The third-order valence-corrected chi connectivity index (χ3v) is 4.72. The Morgan fingerprint density at radius 2 is 1.91 bits per heavy atom. The topological polar surface area (TPSA) is 46.6 Å². The van der Waals surface area contributed by atoms with Crippen molar-refractivity contribution in [1.82, 2.24) is 4.90 Å². The van der Waals surface area contributed by atoms with Crippen LogP contribution >= 0.6 is 15.9 Å². The summed E-state index contributed by atoms with van der Waals surface area (Å²) >= 11 is 3.19. The maximum atomic E-state index is 13.7. The van der Waals surface area contributed by atoms with E-state index in [0.717, 1.165) is 19.3 Å². The van der Waals surface area contributed by atoms with Crippen molar-refractivity contribution in [2.45, 2.75) is 58.2 Å². The molecule has 0 N–H and O–H groups in total. The number of esters is 1. The SMILES string of the molecule is CC(OC(=O)c1cc(Br)ccc1F)C(=O)N1C(C)CCCC1C. The van der Waals surface area contributed by atoms with Crippen LogP contribution in [0.1, 0.15) is 50.4 Å². The zero-order valence-electron chi connectivity index (χ0n) is 13.5. The molecule has 0 radical (unpaired) electrons. The Morgan fingerprint density at radius 3 is 2.52 bits per heavy atom. The summed E-state index contributed by atoms with van der Waals surface area (Å²) in [4.78, 5) is 26.5. The van der Waals surface area contributed by atoms with E-state index in [4.69, 9.17) is 4.74 Å². The van der Waals surface area contributed by atoms with Crippen molar-refractivity contribution in [2.75, 3.05) is 0 Å². The molecule has 23 heavy (non-hydrogen) atoms. The van der Waals surface area contributed by atoms with Crippen LogP contribution in [0.3, 0.4) is 0 Å². The Balaban J connectivity index is 2.08. The lowest BCUT2D eigenvalue weighted by atomic mass is 9.97. The number of carbonyl (C=O) groups excluding carboxylic acids is 2. The predicted octanol–water partition coefficient (Wildman–Crippen LogP) is 3.92. The molecule has 0 bridgehead atoms. The van der Waals surface area contributed by atoms with Gasteiger partial charge in [0.2, 0.25) is 0 Å². The standard InChI is InChI=1S/C17H21BrFNO3/c1-10-5-4-6-11(2)20(10)16(21)12(3)23-17(22)14-9-13(18)7-8-15(14)19/h7-12H,4-6H2,1-3H3. The number of piperidine rings is 1. The Morgan fingerprint density at radius 1 is 1.30 bits per heavy atom. The van der Waals surface area contributed by atoms with Crippen LogP contribution in [0.2, 0.25) is 0 Å². The molecule has 1 heterocycles. The molecule has 1 aromatic carbocycles. The van der Waals surface area contributed by atoms with Gasteiger partial charge in [0, 0.05) is 16.6 Å². The van der Waals surface area contributed by atoms with E-state index in [1.165, 1.54) is 25.1 Å². The molecule has 1 aliphatic heterocycles. The lowest BCUT2D eigenvalue weighted by Gasteiger charge is -2.40. The van der Waals surface area contributed by atoms with Crippen LogP contribution in [0, 0.1) is 5.82 Å². The molecule has 0 spiro atoms. The first-order valence-corrected chi connectivity index (χ1v) is 8.58. The van der Waals surface area contributed by atoms with Gasteiger partial charge in [0.15, 0.2) is 6.10 Å². The zero-order valence-corrected chi connectivity index (χ0v) is 15.1. The molecule has 0 aliphatic carbocycles. The molecule has 2 rings (SSSR count). The van der Waals surface area contributed by atoms with Gasteiger partial charge in [-0.25, -0.2) is 9.18 Å². The summed E-state index contributed by atoms with van der Waals surface area (Å²) in [6.45, 7) is 5.52. The highest BCUT2D eigenvalue weighted by Crippen LogP contribution is 2.24. The highest BCUT2D eigenvalue weighted by atomic mass is 79.9. The van der Waals surface area contributed by atoms with Gasteiger partial charge in [-0.2, -0.15) is 0 Å². The monoisotopic (exact) mass is 385 g/mol. The summed E-state index contributed by atoms with van der Waals surface area (Å²) < 4.78 is 19.5. The van der Waals surface area contributed by atoms with Crippen LogP contribution < -0.4 is 0 Å². The zero-order chi connectivity index (χ0) is 17.1. The van der Waals surface area contributed by atoms with E-state index in [-0.39, 0.29) is 23.6 Å². The number of likely N-dealkylation sites (tertiary alicyclic amines) is 1. The first kappa shape index (κ1) is 17.9. The van der Waals surface area contributed by atoms with Crippen LogP contribution in [0.4, 0.5) is 4.39 Å². The second kappa shape index (κ2) is 7.43. The first-order valence-electron chi connectivity index (χ1n) is 7.79. The van der Waals surface area contributed by atoms with Gasteiger partial charge in [-0.3, -0.25) is 4.79 Å². The number of carbonyl (C=O) groups is 2. The van der Waals surface area contributed by atoms with E-state index in [2.05, 4.69) is 15.9 Å². The predicted molar refractivity (Wildman–Crippen MR) is 88.6 cm³/mol. The van der Waals surface area contributed by atoms with Gasteiger partial charge < -0.3 is 9.64 Å². The van der Waals surface area contributed by atoms with E-state index in [0.29, 0.717) is 4.47 Å². The second-order valence-corrected chi connectivity index (χ2v) is 6.96. The number of halogens is 2. The Labute approximate surface area is 144 Å². The minimum Gasteiger partial charge on any atom is -0.449 e. The Hall–Kier alpha value is -1.43. The molecular formula is C17H21BrFNO3. The van der Waals surface area contributed by atoms with Gasteiger partial charge in [-0.1, -0.05) is 15.9 Å². The molecule has 1 amide bonds. The third-order valence-electron chi connectivity index (χ3n) is 4.23. The molecule has 0 saturated carbocycles. The van der Waals surface area contributed by atoms with E-state index < -0.39 is 17.9 Å². The van der Waals surface area contributed by atoms with Crippen molar-refractivity contribution in [3.8, 4) is 0 Å². The summed E-state index contributed by atoms with van der Waals surface area (Å²) in [5.41, 5.74) is -0.182. The maximum absolute atomic E-state index is 13.7. The van der Waals surface area contributed by atoms with Crippen LogP contribution in [0.25, 0.3) is 0 Å². The number of amides is 1. The van der Waals surface area contributed by atoms with E-state index in [9.17, 15) is 14.0 Å². The lowest BCUT2D eigenvalue weighted by molar-refractivity contribution is -0.146. The van der Waals surface area contributed by atoms with Crippen molar-refractivity contribution >= 4 is 27.8 Å². The average Bonchev–Trinajstić information content (AvgIpc) is 2.49. The van der Waals surface area contributed by atoms with Crippen LogP contribution in [-0.2, 0) is 9.53 Å². The molecule has 1 aliphatic rings. The maximum Gasteiger partial charge on any atom is 0.341 e. The smallest absolute Gasteiger partial charge is 0.341 e. The fourth-order valence-electron chi connectivity index (χ4n) is 2.99. The van der Waals surface area contributed by atoms with Gasteiger partial charge in [0.05, 0.1) is 5.56 Å². The van der Waals surface area contributed by atoms with Crippen molar-refractivity contribution in [3.05, 3.63) is 34.1 Å². The molecule has 1 saturated heterocycles. The van der Waals surface area contributed by atoms with Crippen LogP contribution in [0.15, 0.2) is 22.7 Å². The fourth-order valence-corrected chi connectivity index (χ4v) is 3.36. The highest BCUT2D eigenvalue weighted by molar-refractivity contribution is 9.10. The number of rotatable bonds is 3. The summed E-state index contributed by atoms with van der Waals surface area (Å²) in [7, 11) is 0. The molecule has 1 aromatic rings. The van der Waals surface area contributed by atoms with Crippen molar-refractivity contribution < 1.29 is 18.7 Å². The summed E-state index contributed by atoms with van der Waals surface area (Å²) in [6.07, 6.45) is 2.03. The van der Waals surface area contributed by atoms with E-state index in [1.54, 1.807) is 4.90 Å². The largest absolute Gasteiger partial charge is 0.449 e. The highest BCUT2D eigenvalue weighted by Gasteiger charge is 2.33. The molecule has 126 valence electrons. The molecule has 3 atom stereocenters. The molecule has 1 fully saturated rings. The minimum atomic E-state index is -0.941. The molecular weight excluding hydrogens is 365 g/mol. The van der Waals surface area contributed by atoms with Gasteiger partial charge in [0.25, 0.3) is 5.91 Å². The van der Waals surface area contributed by atoms with Crippen molar-refractivity contribution in [2.24, 2.45) is 0 Å². The van der Waals surface area contributed by atoms with Crippen molar-refractivity contribution in [3.63, 3.8) is 0 Å². The summed E-state index contributed by atoms with van der Waals surface area (Å²) in [5.74, 6) is -1.73. The Kier molecular flexibility index (Phi) is 5.79. The third kappa shape index (κ3) is 4.10. The van der Waals surface area contributed by atoms with Gasteiger partial charge >= 0.3 is 5.97 Å². The summed E-state index contributed by atoms with van der Waals surface area (Å²) in [5, 5.41) is 0. The normalized spacial score (nSPS) is 22.6. The molecule has 6 heteroatoms. The number of ether oxygens (including phenoxy) is 1. The summed E-state index contributed by atoms with van der Waals surface area (Å²) in [6, 6.07) is 4.27. The number of benzene rings is 1. The second-order valence-electron chi connectivity index (χ2n) is 6.05. The Bertz CT molecular complexity index is 598.